The number of hydrogen-bond donors (Lipinski definition) is 7. The molecule has 2 heterocycles. The van der Waals surface area contributed by atoms with E-state index in [-0.39, 0.29) is 18.7 Å². The molecule has 2 saturated heterocycles. The van der Waals surface area contributed by atoms with Crippen molar-refractivity contribution in [3.05, 3.63) is 29.8 Å². The summed E-state index contributed by atoms with van der Waals surface area (Å²) in [5.41, 5.74) is 5.34. The van der Waals surface area contributed by atoms with E-state index >= 15 is 0 Å². The number of benzene rings is 1. The molecule has 19 heteroatoms. The fraction of sp³-hybridized carbons (Fsp3) is 0.625. The first-order valence-corrected chi connectivity index (χ1v) is 15.9. The zero-order chi connectivity index (χ0) is 32.3. The smallest absolute Gasteiger partial charge is 0.397 e. The number of aliphatic hydroxyl groups excluding tert-OH is 2. The molecule has 0 saturated carbocycles. The molecule has 1 aromatic carbocycles. The van der Waals surface area contributed by atoms with Crippen molar-refractivity contribution in [3.63, 3.8) is 0 Å². The van der Waals surface area contributed by atoms with Crippen molar-refractivity contribution in [1.29, 1.82) is 0 Å². The van der Waals surface area contributed by atoms with E-state index in [2.05, 4.69) is 9.50 Å². The number of carbonyl (C=O) groups is 1. The van der Waals surface area contributed by atoms with Crippen LogP contribution in [0, 0.1) is 0 Å². The second-order valence-corrected chi connectivity index (χ2v) is 13.1. The van der Waals surface area contributed by atoms with Crippen LogP contribution in [0.25, 0.3) is 6.08 Å². The number of ether oxygens (including phenoxy) is 4. The van der Waals surface area contributed by atoms with E-state index < -0.39 is 92.7 Å². The van der Waals surface area contributed by atoms with E-state index in [9.17, 15) is 41.5 Å². The highest BCUT2D eigenvalue weighted by atomic mass is 32.3. The van der Waals surface area contributed by atoms with Gasteiger partial charge in [-0.25, -0.2) is 4.18 Å². The predicted molar refractivity (Wildman–Crippen MR) is 146 cm³/mol. The molecule has 1 aromatic rings. The third-order valence-corrected chi connectivity index (χ3v) is 7.89. The number of aliphatic hydroxyl groups is 2. The molecule has 9 atom stereocenters. The average molecular weight is 657 g/mol. The molecule has 0 aliphatic carbocycles. The van der Waals surface area contributed by atoms with Gasteiger partial charge in [0.05, 0.1) is 24.1 Å². The first-order valence-electron chi connectivity index (χ1n) is 12.9. The van der Waals surface area contributed by atoms with Gasteiger partial charge in [0.1, 0.15) is 12.2 Å². The second kappa shape index (κ2) is 13.7. The lowest BCUT2D eigenvalue weighted by atomic mass is 9.86. The van der Waals surface area contributed by atoms with E-state index in [0.29, 0.717) is 5.56 Å². The Balaban J connectivity index is 1.72. The van der Waals surface area contributed by atoms with Gasteiger partial charge in [0.25, 0.3) is 10.1 Å². The van der Waals surface area contributed by atoms with E-state index in [1.54, 1.807) is 13.8 Å². The van der Waals surface area contributed by atoms with Crippen LogP contribution in [-0.4, -0.2) is 114 Å². The van der Waals surface area contributed by atoms with Crippen LogP contribution in [0.5, 0.6) is 11.5 Å². The van der Waals surface area contributed by atoms with Crippen LogP contribution in [-0.2, 0) is 43.7 Å². The van der Waals surface area contributed by atoms with Crippen molar-refractivity contribution in [2.45, 2.75) is 81.9 Å². The number of nitrogens with two attached hydrogens (primary N) is 1. The maximum atomic E-state index is 11.8. The molecular weight excluding hydrogens is 620 g/mol. The molecule has 1 amide bonds. The summed E-state index contributed by atoms with van der Waals surface area (Å²) in [6.45, 7) is 4.32. The van der Waals surface area contributed by atoms with Crippen LogP contribution in [0.4, 0.5) is 0 Å². The molecule has 17 nitrogen and oxygen atoms in total. The predicted octanol–water partition coefficient (Wildman–Crippen LogP) is -1.32. The van der Waals surface area contributed by atoms with E-state index in [1.807, 2.05) is 0 Å². The summed E-state index contributed by atoms with van der Waals surface area (Å²) >= 11 is 0. The number of hydrogen-bond acceptors (Lipinski definition) is 14. The molecule has 3 rings (SSSR count). The number of phenolic OH excluding ortho intramolecular Hbond substituents is 1. The molecule has 43 heavy (non-hydrogen) atoms. The molecule has 0 aromatic heterocycles. The highest BCUT2D eigenvalue weighted by Gasteiger charge is 2.51. The number of carbonyl (C=O) groups excluding carboxylic acids is 1. The Labute approximate surface area is 248 Å². The molecular formula is C24H36N2O15S2. The summed E-state index contributed by atoms with van der Waals surface area (Å²) in [6.07, 6.45) is -8.06. The Morgan fingerprint density at radius 2 is 1.81 bits per heavy atom. The number of aromatic hydroxyl groups is 1. The minimum atomic E-state index is -5.15. The van der Waals surface area contributed by atoms with Crippen molar-refractivity contribution in [2.24, 2.45) is 5.73 Å². The van der Waals surface area contributed by atoms with Gasteiger partial charge in [-0.1, -0.05) is 6.07 Å². The zero-order valence-electron chi connectivity index (χ0n) is 23.3. The van der Waals surface area contributed by atoms with Gasteiger partial charge in [-0.3, -0.25) is 13.9 Å². The third kappa shape index (κ3) is 10.0. The molecule has 0 unspecified atom stereocenters. The van der Waals surface area contributed by atoms with Crippen LogP contribution in [0.1, 0.15) is 32.8 Å². The average Bonchev–Trinajstić information content (AvgIpc) is 2.86. The maximum absolute atomic E-state index is 11.8. The Bertz CT molecular complexity index is 1380. The van der Waals surface area contributed by atoms with Gasteiger partial charge in [-0.2, -0.15) is 16.8 Å². The molecule has 2 aliphatic heterocycles. The Morgan fingerprint density at radius 1 is 1.14 bits per heavy atom. The summed E-state index contributed by atoms with van der Waals surface area (Å²) in [7, 11) is -9.40. The van der Waals surface area contributed by atoms with Gasteiger partial charge in [-0.05, 0) is 44.5 Å². The highest BCUT2D eigenvalue weighted by Crippen LogP contribution is 2.35. The van der Waals surface area contributed by atoms with Gasteiger partial charge in [-0.15, -0.1) is 0 Å². The molecule has 0 spiro atoms. The Morgan fingerprint density at radius 3 is 2.40 bits per heavy atom. The largest absolute Gasteiger partial charge is 0.504 e. The maximum Gasteiger partial charge on any atom is 0.397 e. The van der Waals surface area contributed by atoms with Crippen molar-refractivity contribution < 1.29 is 69.2 Å². The SMILES string of the molecule is C[C@H]1O[C@@H](Oc2ccc(/C=C/C(=O)NCCS(=O)(=O)O)cc2O)[C@H](OS(=O)(=O)O)[C@@H](O)[C@@H]1O[C@H]1C[C@](C)(N)[C@H](O)[C@@H](C)O1. The second-order valence-electron chi connectivity index (χ2n) is 10.5. The lowest BCUT2D eigenvalue weighted by Gasteiger charge is -2.47. The molecule has 244 valence electrons. The molecule has 2 fully saturated rings. The van der Waals surface area contributed by atoms with Gasteiger partial charge < -0.3 is 45.3 Å². The summed E-state index contributed by atoms with van der Waals surface area (Å²) in [5.74, 6) is -2.09. The van der Waals surface area contributed by atoms with Crippen LogP contribution in [0.2, 0.25) is 0 Å². The topological polar surface area (TPSA) is 271 Å². The standard InChI is InChI=1S/C24H36N2O15S2/c1-12-20(40-18-11-24(3,25)22(30)13(2)37-18)19(29)21(41-43(34,35)36)23(38-12)39-16-6-4-14(10-15(16)27)5-7-17(28)26-8-9-42(31,32)33/h4-7,10,12-13,18-23,27,29-30H,8-9,11,25H2,1-3H3,(H,26,28)(H,31,32,33)(H,34,35,36)/b7-5+/t12-,13-,18+,19+,20-,21-,22-,23+,24+/m1/s1. The van der Waals surface area contributed by atoms with Crippen molar-refractivity contribution in [3.8, 4) is 11.5 Å². The fourth-order valence-electron chi connectivity index (χ4n) is 4.55. The highest BCUT2D eigenvalue weighted by molar-refractivity contribution is 7.85. The summed E-state index contributed by atoms with van der Waals surface area (Å²) in [5, 5.41) is 34.0. The quantitative estimate of drug-likeness (QED) is 0.107. The van der Waals surface area contributed by atoms with E-state index in [1.165, 1.54) is 31.2 Å². The number of amides is 1. The molecule has 0 radical (unpaired) electrons. The first kappa shape index (κ1) is 35.1. The lowest BCUT2D eigenvalue weighted by molar-refractivity contribution is -0.318. The van der Waals surface area contributed by atoms with E-state index in [0.717, 1.165) is 6.08 Å². The Kier molecular flexibility index (Phi) is 11.2. The molecule has 2 aliphatic rings. The monoisotopic (exact) mass is 656 g/mol. The normalized spacial score (nSPS) is 33.8. The van der Waals surface area contributed by atoms with Crippen LogP contribution >= 0.6 is 0 Å². The summed E-state index contributed by atoms with van der Waals surface area (Å²) < 4.78 is 90.1. The number of phenols is 1. The van der Waals surface area contributed by atoms with Gasteiger partial charge in [0.15, 0.2) is 23.9 Å². The number of nitrogens with one attached hydrogen (secondary N) is 1. The van der Waals surface area contributed by atoms with Crippen molar-refractivity contribution in [1.82, 2.24) is 5.32 Å². The number of rotatable bonds is 11. The molecule has 8 N–H and O–H groups in total. The summed E-state index contributed by atoms with van der Waals surface area (Å²) in [4.78, 5) is 11.8. The molecule has 0 bridgehead atoms. The van der Waals surface area contributed by atoms with Crippen LogP contribution < -0.4 is 15.8 Å². The third-order valence-electron chi connectivity index (χ3n) is 6.70. The zero-order valence-corrected chi connectivity index (χ0v) is 25.0. The minimum absolute atomic E-state index is 0.0130. The minimum Gasteiger partial charge on any atom is -0.504 e. The lowest BCUT2D eigenvalue weighted by Crippen LogP contribution is -2.64. The van der Waals surface area contributed by atoms with Crippen LogP contribution in [0.3, 0.4) is 0 Å². The van der Waals surface area contributed by atoms with Gasteiger partial charge in [0, 0.05) is 24.6 Å². The first-order chi connectivity index (χ1) is 19.8. The van der Waals surface area contributed by atoms with Crippen molar-refractivity contribution in [2.75, 3.05) is 12.3 Å². The van der Waals surface area contributed by atoms with Crippen molar-refractivity contribution >= 4 is 32.5 Å². The Hall–Kier alpha value is -2.43. The van der Waals surface area contributed by atoms with Crippen LogP contribution in [0.15, 0.2) is 24.3 Å². The van der Waals surface area contributed by atoms with Gasteiger partial charge >= 0.3 is 10.4 Å². The van der Waals surface area contributed by atoms with Gasteiger partial charge in [0.2, 0.25) is 12.2 Å². The summed E-state index contributed by atoms with van der Waals surface area (Å²) in [6, 6.07) is 3.80. The van der Waals surface area contributed by atoms with E-state index in [4.69, 9.17) is 29.2 Å². The fourth-order valence-corrected chi connectivity index (χ4v) is 5.40.